The Labute approximate surface area is 143 Å². The van der Waals surface area contributed by atoms with Crippen molar-refractivity contribution in [2.45, 2.75) is 58.7 Å². The molecule has 0 radical (unpaired) electrons. The van der Waals surface area contributed by atoms with Gasteiger partial charge in [0, 0.05) is 24.6 Å². The number of thiophene rings is 1. The summed E-state index contributed by atoms with van der Waals surface area (Å²) in [5.41, 5.74) is -0.417. The third-order valence-corrected chi connectivity index (χ3v) is 5.14. The first-order valence-corrected chi connectivity index (χ1v) is 9.36. The molecule has 0 unspecified atom stereocenters. The summed E-state index contributed by atoms with van der Waals surface area (Å²) in [4.78, 5) is 15.1. The minimum Gasteiger partial charge on any atom is -0.444 e. The molecule has 1 aliphatic rings. The van der Waals surface area contributed by atoms with Gasteiger partial charge in [-0.3, -0.25) is 0 Å². The van der Waals surface area contributed by atoms with Crippen LogP contribution in [0.1, 0.15) is 57.9 Å². The van der Waals surface area contributed by atoms with Crippen molar-refractivity contribution in [3.05, 3.63) is 22.4 Å². The van der Waals surface area contributed by atoms with Crippen LogP contribution >= 0.6 is 11.3 Å². The summed E-state index contributed by atoms with van der Waals surface area (Å²) in [7, 11) is 0. The zero-order valence-electron chi connectivity index (χ0n) is 14.7. The summed E-state index contributed by atoms with van der Waals surface area (Å²) >= 11 is 1.74. The maximum Gasteiger partial charge on any atom is 0.410 e. The Morgan fingerprint density at radius 3 is 2.65 bits per heavy atom. The zero-order chi connectivity index (χ0) is 16.9. The van der Waals surface area contributed by atoms with Gasteiger partial charge in [0.1, 0.15) is 5.60 Å². The lowest BCUT2D eigenvalue weighted by Gasteiger charge is -2.33. The number of rotatable bonds is 5. The molecule has 0 spiro atoms. The lowest BCUT2D eigenvalue weighted by molar-refractivity contribution is 0.0147. The normalized spacial score (nSPS) is 18.0. The van der Waals surface area contributed by atoms with E-state index in [4.69, 9.17) is 9.47 Å². The quantitative estimate of drug-likeness (QED) is 0.769. The molecule has 2 heterocycles. The van der Waals surface area contributed by atoms with Crippen LogP contribution in [0, 0.1) is 5.92 Å². The molecule has 0 aliphatic carbocycles. The van der Waals surface area contributed by atoms with E-state index in [-0.39, 0.29) is 12.2 Å². The Balaban J connectivity index is 1.64. The van der Waals surface area contributed by atoms with Crippen LogP contribution in [0.2, 0.25) is 0 Å². The van der Waals surface area contributed by atoms with Crippen LogP contribution in [-0.4, -0.2) is 36.3 Å². The molecular formula is C18H29NO3S. The second kappa shape index (κ2) is 8.15. The predicted molar refractivity (Wildman–Crippen MR) is 93.8 cm³/mol. The summed E-state index contributed by atoms with van der Waals surface area (Å²) < 4.78 is 11.4. The molecule has 4 nitrogen and oxygen atoms in total. The molecule has 0 saturated carbocycles. The molecule has 5 heteroatoms. The fraction of sp³-hybridized carbons (Fsp3) is 0.722. The monoisotopic (exact) mass is 339 g/mol. The largest absolute Gasteiger partial charge is 0.444 e. The fourth-order valence-corrected chi connectivity index (χ4v) is 3.48. The SMILES string of the molecule is C[C@H](OCCC1CCN(C(=O)OC(C)(C)C)CC1)c1cccs1. The summed E-state index contributed by atoms with van der Waals surface area (Å²) in [5.74, 6) is 0.643. The summed E-state index contributed by atoms with van der Waals surface area (Å²) in [5, 5.41) is 2.08. The van der Waals surface area contributed by atoms with Gasteiger partial charge in [0.2, 0.25) is 0 Å². The number of piperidine rings is 1. The molecule has 1 saturated heterocycles. The van der Waals surface area contributed by atoms with Crippen molar-refractivity contribution < 1.29 is 14.3 Å². The van der Waals surface area contributed by atoms with Crippen molar-refractivity contribution in [1.82, 2.24) is 4.90 Å². The van der Waals surface area contributed by atoms with Gasteiger partial charge in [-0.15, -0.1) is 11.3 Å². The lowest BCUT2D eigenvalue weighted by atomic mass is 9.94. The highest BCUT2D eigenvalue weighted by molar-refractivity contribution is 7.10. The van der Waals surface area contributed by atoms with Gasteiger partial charge in [-0.05, 0) is 64.3 Å². The molecule has 23 heavy (non-hydrogen) atoms. The number of likely N-dealkylation sites (tertiary alicyclic amines) is 1. The van der Waals surface area contributed by atoms with Crippen LogP contribution in [0.15, 0.2) is 17.5 Å². The van der Waals surface area contributed by atoms with Crippen molar-refractivity contribution >= 4 is 17.4 Å². The highest BCUT2D eigenvalue weighted by Gasteiger charge is 2.26. The van der Waals surface area contributed by atoms with Crippen LogP contribution < -0.4 is 0 Å². The molecule has 2 rings (SSSR count). The van der Waals surface area contributed by atoms with Gasteiger partial charge in [-0.2, -0.15) is 0 Å². The third kappa shape index (κ3) is 6.15. The number of hydrogen-bond acceptors (Lipinski definition) is 4. The Kier molecular flexibility index (Phi) is 6.48. The first kappa shape index (κ1) is 18.3. The van der Waals surface area contributed by atoms with Crippen molar-refractivity contribution in [2.75, 3.05) is 19.7 Å². The number of carbonyl (C=O) groups is 1. The van der Waals surface area contributed by atoms with E-state index in [0.29, 0.717) is 5.92 Å². The van der Waals surface area contributed by atoms with E-state index < -0.39 is 5.60 Å². The molecule has 0 aromatic carbocycles. The third-order valence-electron chi connectivity index (χ3n) is 4.10. The number of nitrogens with zero attached hydrogens (tertiary/aromatic N) is 1. The van der Waals surface area contributed by atoms with E-state index in [9.17, 15) is 4.79 Å². The molecule has 1 aromatic rings. The second-order valence-corrected chi connectivity index (χ2v) is 8.21. The highest BCUT2D eigenvalue weighted by Crippen LogP contribution is 2.25. The Morgan fingerprint density at radius 1 is 1.39 bits per heavy atom. The van der Waals surface area contributed by atoms with E-state index in [1.165, 1.54) is 4.88 Å². The molecular weight excluding hydrogens is 310 g/mol. The van der Waals surface area contributed by atoms with E-state index in [2.05, 4.69) is 24.4 Å². The summed E-state index contributed by atoms with van der Waals surface area (Å²) in [6.45, 7) is 10.2. The van der Waals surface area contributed by atoms with Crippen LogP contribution in [0.3, 0.4) is 0 Å². The number of amides is 1. The molecule has 130 valence electrons. The fourth-order valence-electron chi connectivity index (χ4n) is 2.75. The maximum absolute atomic E-state index is 12.0. The van der Waals surface area contributed by atoms with E-state index >= 15 is 0 Å². The van der Waals surface area contributed by atoms with Crippen LogP contribution in [0.25, 0.3) is 0 Å². The predicted octanol–water partition coefficient (Wildman–Crippen LogP) is 4.86. The maximum atomic E-state index is 12.0. The zero-order valence-corrected chi connectivity index (χ0v) is 15.5. The minimum absolute atomic E-state index is 0.178. The smallest absolute Gasteiger partial charge is 0.410 e. The van der Waals surface area contributed by atoms with Gasteiger partial charge in [-0.1, -0.05) is 6.07 Å². The molecule has 1 atom stereocenters. The first-order valence-electron chi connectivity index (χ1n) is 8.48. The molecule has 1 aromatic heterocycles. The van der Waals surface area contributed by atoms with Gasteiger partial charge in [0.25, 0.3) is 0 Å². The highest BCUT2D eigenvalue weighted by atomic mass is 32.1. The number of hydrogen-bond donors (Lipinski definition) is 0. The van der Waals surface area contributed by atoms with Gasteiger partial charge in [0.15, 0.2) is 0 Å². The molecule has 0 bridgehead atoms. The average Bonchev–Trinajstić information content (AvgIpc) is 3.00. The van der Waals surface area contributed by atoms with E-state index in [1.54, 1.807) is 11.3 Å². The minimum atomic E-state index is -0.417. The Morgan fingerprint density at radius 2 is 2.09 bits per heavy atom. The van der Waals surface area contributed by atoms with Gasteiger partial charge < -0.3 is 14.4 Å². The standard InChI is InChI=1S/C18H29NO3S/c1-14(16-6-5-13-23-16)21-12-9-15-7-10-19(11-8-15)17(20)22-18(2,3)4/h5-6,13-15H,7-12H2,1-4H3/t14-/m0/s1. The average molecular weight is 340 g/mol. The summed E-state index contributed by atoms with van der Waals surface area (Å²) in [6.07, 6.45) is 3.14. The van der Waals surface area contributed by atoms with Gasteiger partial charge >= 0.3 is 6.09 Å². The molecule has 1 amide bonds. The molecule has 0 N–H and O–H groups in total. The number of carbonyl (C=O) groups excluding carboxylic acids is 1. The Bertz CT molecular complexity index is 473. The van der Waals surface area contributed by atoms with Gasteiger partial charge in [0.05, 0.1) is 6.10 Å². The number of ether oxygens (including phenoxy) is 2. The van der Waals surface area contributed by atoms with Crippen molar-refractivity contribution in [2.24, 2.45) is 5.92 Å². The van der Waals surface area contributed by atoms with Crippen LogP contribution in [0.5, 0.6) is 0 Å². The van der Waals surface area contributed by atoms with Crippen molar-refractivity contribution in [1.29, 1.82) is 0 Å². The Hall–Kier alpha value is -1.07. The van der Waals surface area contributed by atoms with Crippen molar-refractivity contribution in [3.63, 3.8) is 0 Å². The van der Waals surface area contributed by atoms with Crippen LogP contribution in [-0.2, 0) is 9.47 Å². The van der Waals surface area contributed by atoms with E-state index in [1.807, 2.05) is 25.7 Å². The molecule has 1 aliphatic heterocycles. The first-order chi connectivity index (χ1) is 10.8. The van der Waals surface area contributed by atoms with Crippen molar-refractivity contribution in [3.8, 4) is 0 Å². The topological polar surface area (TPSA) is 38.8 Å². The van der Waals surface area contributed by atoms with E-state index in [0.717, 1.165) is 39.0 Å². The lowest BCUT2D eigenvalue weighted by Crippen LogP contribution is -2.41. The van der Waals surface area contributed by atoms with Crippen LogP contribution in [0.4, 0.5) is 4.79 Å². The van der Waals surface area contributed by atoms with Gasteiger partial charge in [-0.25, -0.2) is 4.79 Å². The second-order valence-electron chi connectivity index (χ2n) is 7.23. The molecule has 1 fully saturated rings. The summed E-state index contributed by atoms with van der Waals surface area (Å²) in [6, 6.07) is 4.18.